The lowest BCUT2D eigenvalue weighted by Gasteiger charge is -2.24. The average molecular weight is 407 g/mol. The predicted octanol–water partition coefficient (Wildman–Crippen LogP) is 3.43. The highest BCUT2D eigenvalue weighted by atomic mass is 32.2. The minimum atomic E-state index is 0.106. The van der Waals surface area contributed by atoms with E-state index >= 15 is 0 Å². The molecular weight excluding hydrogens is 376 g/mol. The molecule has 1 fully saturated rings. The Labute approximate surface area is 171 Å². The molecule has 28 heavy (non-hydrogen) atoms. The molecule has 7 nitrogen and oxygen atoms in total. The van der Waals surface area contributed by atoms with Gasteiger partial charge in [0.25, 0.3) is 0 Å². The Balaban J connectivity index is 2.20. The summed E-state index contributed by atoms with van der Waals surface area (Å²) in [6.07, 6.45) is 8.31. The van der Waals surface area contributed by atoms with Crippen LogP contribution in [0.15, 0.2) is 16.8 Å². The standard InChI is InChI=1S/C20H30N4O3S/c1-14(24(13-25)12-17-11-22-15(2)23-19(17)21)18(9-10-27-3)28-20(26)16-7-5-4-6-8-16/h11,13,16H,4-10,12H2,1-3H3,(H2,21,22,23)/b18-14-. The topological polar surface area (TPSA) is 98.4 Å². The summed E-state index contributed by atoms with van der Waals surface area (Å²) in [6.45, 7) is 4.36. The number of methoxy groups -OCH3 is 1. The van der Waals surface area contributed by atoms with Crippen molar-refractivity contribution in [1.82, 2.24) is 14.9 Å². The maximum Gasteiger partial charge on any atom is 0.214 e. The Kier molecular flexibility index (Phi) is 8.92. The molecule has 154 valence electrons. The highest BCUT2D eigenvalue weighted by molar-refractivity contribution is 8.17. The number of carbonyl (C=O) groups excluding carboxylic acids is 2. The van der Waals surface area contributed by atoms with Crippen LogP contribution in [0.25, 0.3) is 0 Å². The molecular formula is C20H30N4O3S. The zero-order valence-corrected chi connectivity index (χ0v) is 17.8. The second kappa shape index (κ2) is 11.2. The predicted molar refractivity (Wildman–Crippen MR) is 111 cm³/mol. The molecule has 1 saturated carbocycles. The van der Waals surface area contributed by atoms with Crippen molar-refractivity contribution in [2.75, 3.05) is 19.5 Å². The zero-order valence-electron chi connectivity index (χ0n) is 16.9. The minimum absolute atomic E-state index is 0.106. The molecule has 0 atom stereocenters. The molecule has 8 heteroatoms. The van der Waals surface area contributed by atoms with Crippen molar-refractivity contribution in [1.29, 1.82) is 0 Å². The molecule has 0 radical (unpaired) electrons. The van der Waals surface area contributed by atoms with Crippen molar-refractivity contribution in [3.05, 3.63) is 28.2 Å². The number of hydrogen-bond donors (Lipinski definition) is 1. The third-order valence-electron chi connectivity index (χ3n) is 5.02. The van der Waals surface area contributed by atoms with Gasteiger partial charge in [-0.2, -0.15) is 0 Å². The van der Waals surface area contributed by atoms with E-state index in [1.54, 1.807) is 25.1 Å². The van der Waals surface area contributed by atoms with Gasteiger partial charge in [-0.15, -0.1) is 0 Å². The first-order chi connectivity index (χ1) is 13.5. The van der Waals surface area contributed by atoms with Crippen LogP contribution in [0.4, 0.5) is 5.82 Å². The number of ether oxygens (including phenoxy) is 1. The summed E-state index contributed by atoms with van der Waals surface area (Å²) in [5.74, 6) is 1.05. The summed E-state index contributed by atoms with van der Waals surface area (Å²) in [6, 6.07) is 0. The highest BCUT2D eigenvalue weighted by Gasteiger charge is 2.24. The van der Waals surface area contributed by atoms with Gasteiger partial charge in [0.2, 0.25) is 6.41 Å². The summed E-state index contributed by atoms with van der Waals surface area (Å²) >= 11 is 1.26. The number of nitrogens with zero attached hydrogens (tertiary/aromatic N) is 3. The Morgan fingerprint density at radius 2 is 2.11 bits per heavy atom. The van der Waals surface area contributed by atoms with Gasteiger partial charge < -0.3 is 15.4 Å². The van der Waals surface area contributed by atoms with Crippen LogP contribution in [-0.2, 0) is 20.9 Å². The summed E-state index contributed by atoms with van der Waals surface area (Å²) in [4.78, 5) is 35.3. The molecule has 2 N–H and O–H groups in total. The number of carbonyl (C=O) groups is 2. The van der Waals surface area contributed by atoms with Crippen LogP contribution in [0.1, 0.15) is 56.8 Å². The van der Waals surface area contributed by atoms with Crippen LogP contribution in [0.3, 0.4) is 0 Å². The molecule has 1 aromatic heterocycles. The van der Waals surface area contributed by atoms with Crippen LogP contribution in [0, 0.1) is 12.8 Å². The molecule has 0 spiro atoms. The summed E-state index contributed by atoms with van der Waals surface area (Å²) < 4.78 is 5.21. The van der Waals surface area contributed by atoms with Crippen molar-refractivity contribution < 1.29 is 14.3 Å². The number of nitrogen functional groups attached to an aromatic ring is 1. The van der Waals surface area contributed by atoms with E-state index < -0.39 is 0 Å². The van der Waals surface area contributed by atoms with Crippen LogP contribution < -0.4 is 5.73 Å². The number of rotatable bonds is 9. The molecule has 0 aliphatic heterocycles. The number of hydrogen-bond acceptors (Lipinski definition) is 7. The van der Waals surface area contributed by atoms with Gasteiger partial charge in [-0.25, -0.2) is 9.97 Å². The van der Waals surface area contributed by atoms with Crippen LogP contribution >= 0.6 is 11.8 Å². The molecule has 1 amide bonds. The molecule has 2 rings (SSSR count). The van der Waals surface area contributed by atoms with E-state index in [2.05, 4.69) is 9.97 Å². The van der Waals surface area contributed by atoms with Gasteiger partial charge in [-0.3, -0.25) is 9.59 Å². The second-order valence-electron chi connectivity index (χ2n) is 7.07. The van der Waals surface area contributed by atoms with Gasteiger partial charge in [-0.05, 0) is 26.7 Å². The van der Waals surface area contributed by atoms with Gasteiger partial charge in [0.05, 0.1) is 13.2 Å². The fourth-order valence-electron chi connectivity index (χ4n) is 3.26. The van der Waals surface area contributed by atoms with Crippen molar-refractivity contribution in [3.8, 4) is 0 Å². The molecule has 1 aliphatic carbocycles. The first-order valence-corrected chi connectivity index (χ1v) is 10.5. The third kappa shape index (κ3) is 6.31. The number of nitrogens with two attached hydrogens (primary N) is 1. The number of allylic oxidation sites excluding steroid dienone is 1. The van der Waals surface area contributed by atoms with Crippen molar-refractivity contribution in [2.45, 2.75) is 58.9 Å². The maximum absolute atomic E-state index is 12.8. The number of aromatic nitrogens is 2. The minimum Gasteiger partial charge on any atom is -0.384 e. The van der Waals surface area contributed by atoms with Crippen molar-refractivity contribution >= 4 is 29.1 Å². The summed E-state index contributed by atoms with van der Waals surface area (Å²) in [7, 11) is 1.63. The van der Waals surface area contributed by atoms with E-state index in [1.165, 1.54) is 18.2 Å². The molecule has 0 saturated heterocycles. The number of aryl methyl sites for hydroxylation is 1. The zero-order chi connectivity index (χ0) is 20.5. The quantitative estimate of drug-likeness (QED) is 0.627. The summed E-state index contributed by atoms with van der Waals surface area (Å²) in [5.41, 5.74) is 7.38. The van der Waals surface area contributed by atoms with Crippen LogP contribution in [0.5, 0.6) is 0 Å². The molecule has 1 aliphatic rings. The number of amides is 1. The van der Waals surface area contributed by atoms with E-state index in [0.29, 0.717) is 30.2 Å². The van der Waals surface area contributed by atoms with Crippen molar-refractivity contribution in [3.63, 3.8) is 0 Å². The largest absolute Gasteiger partial charge is 0.384 e. The van der Waals surface area contributed by atoms with Crippen LogP contribution in [-0.4, -0.2) is 40.1 Å². The normalized spacial score (nSPS) is 15.8. The van der Waals surface area contributed by atoms with Gasteiger partial charge in [0.15, 0.2) is 5.12 Å². The first kappa shape index (κ1) is 22.4. The molecule has 0 bridgehead atoms. The molecule has 0 unspecified atom stereocenters. The van der Waals surface area contributed by atoms with Gasteiger partial charge >= 0.3 is 0 Å². The smallest absolute Gasteiger partial charge is 0.214 e. The lowest BCUT2D eigenvalue weighted by atomic mass is 9.90. The molecule has 1 aromatic rings. The first-order valence-electron chi connectivity index (χ1n) is 9.66. The maximum atomic E-state index is 12.8. The molecule has 0 aromatic carbocycles. The molecule has 1 heterocycles. The highest BCUT2D eigenvalue weighted by Crippen LogP contribution is 2.34. The van der Waals surface area contributed by atoms with Gasteiger partial charge in [0.1, 0.15) is 11.6 Å². The summed E-state index contributed by atoms with van der Waals surface area (Å²) in [5, 5.41) is 0.189. The fraction of sp³-hybridized carbons (Fsp3) is 0.600. The van der Waals surface area contributed by atoms with Crippen molar-refractivity contribution in [2.24, 2.45) is 5.92 Å². The lowest BCUT2D eigenvalue weighted by molar-refractivity contribution is -0.117. The van der Waals surface area contributed by atoms with E-state index in [4.69, 9.17) is 10.5 Å². The van der Waals surface area contributed by atoms with E-state index in [9.17, 15) is 9.59 Å². The lowest BCUT2D eigenvalue weighted by Crippen LogP contribution is -2.23. The Morgan fingerprint density at radius 1 is 1.39 bits per heavy atom. The second-order valence-corrected chi connectivity index (χ2v) is 8.17. The average Bonchev–Trinajstić information content (AvgIpc) is 2.70. The number of thioether (sulfide) groups is 1. The van der Waals surface area contributed by atoms with Gasteiger partial charge in [-0.1, -0.05) is 31.0 Å². The Hall–Kier alpha value is -1.93. The van der Waals surface area contributed by atoms with E-state index in [0.717, 1.165) is 42.7 Å². The van der Waals surface area contributed by atoms with Gasteiger partial charge in [0, 0.05) is 41.8 Å². The van der Waals surface area contributed by atoms with Crippen LogP contribution in [0.2, 0.25) is 0 Å². The Bertz CT molecular complexity index is 717. The SMILES string of the molecule is COCC/C(SC(=O)C1CCCCC1)=C(\C)N(C=O)Cc1cnc(C)nc1N. The van der Waals surface area contributed by atoms with E-state index in [-0.39, 0.29) is 17.6 Å². The van der Waals surface area contributed by atoms with E-state index in [1.807, 2.05) is 6.92 Å². The number of anilines is 1. The monoisotopic (exact) mass is 406 g/mol. The third-order valence-corrected chi connectivity index (χ3v) is 6.30. The fourth-order valence-corrected chi connectivity index (χ4v) is 4.35. The Morgan fingerprint density at radius 3 is 2.71 bits per heavy atom.